The number of amides is 2. The van der Waals surface area contributed by atoms with Crippen LogP contribution in [0.2, 0.25) is 0 Å². The molecule has 9 nitrogen and oxygen atoms in total. The fourth-order valence-electron chi connectivity index (χ4n) is 4.32. The van der Waals surface area contributed by atoms with E-state index in [1.807, 2.05) is 44.2 Å². The smallest absolute Gasteiger partial charge is 0.227 e. The second-order valence-electron chi connectivity index (χ2n) is 8.44. The number of nitrogens with zero attached hydrogens (tertiary/aromatic N) is 6. The van der Waals surface area contributed by atoms with E-state index in [9.17, 15) is 9.59 Å². The largest absolute Gasteiger partial charge is 0.353 e. The highest BCUT2D eigenvalue weighted by Crippen LogP contribution is 2.27. The number of rotatable bonds is 4. The number of aryl methyl sites for hydroxylation is 2. The van der Waals surface area contributed by atoms with Crippen LogP contribution in [0.3, 0.4) is 0 Å². The van der Waals surface area contributed by atoms with Crippen molar-refractivity contribution >= 4 is 29.0 Å². The van der Waals surface area contributed by atoms with E-state index >= 15 is 0 Å². The highest BCUT2D eigenvalue weighted by Gasteiger charge is 2.36. The first-order valence-electron chi connectivity index (χ1n) is 10.6. The van der Waals surface area contributed by atoms with Crippen LogP contribution in [0.4, 0.5) is 11.5 Å². The zero-order valence-corrected chi connectivity index (χ0v) is 17.7. The number of fused-ring (bicyclic) bond motifs is 1. The predicted molar refractivity (Wildman–Crippen MR) is 116 cm³/mol. The van der Waals surface area contributed by atoms with E-state index in [0.717, 1.165) is 30.0 Å². The zero-order valence-electron chi connectivity index (χ0n) is 17.7. The van der Waals surface area contributed by atoms with Gasteiger partial charge in [-0.3, -0.25) is 9.59 Å². The first-order chi connectivity index (χ1) is 15.0. The molecule has 2 aromatic heterocycles. The lowest BCUT2D eigenvalue weighted by Gasteiger charge is -2.20. The highest BCUT2D eigenvalue weighted by molar-refractivity contribution is 6.00. The van der Waals surface area contributed by atoms with Crippen molar-refractivity contribution in [1.29, 1.82) is 0 Å². The first kappa shape index (κ1) is 19.5. The molecule has 3 aromatic rings. The maximum atomic E-state index is 12.9. The van der Waals surface area contributed by atoms with Crippen LogP contribution in [0.5, 0.6) is 0 Å². The molecule has 9 heteroatoms. The molecule has 2 amide bonds. The van der Waals surface area contributed by atoms with Crippen LogP contribution in [-0.2, 0) is 9.59 Å². The van der Waals surface area contributed by atoms with E-state index in [4.69, 9.17) is 0 Å². The Kier molecular flexibility index (Phi) is 4.80. The third-order valence-corrected chi connectivity index (χ3v) is 6.30. The maximum absolute atomic E-state index is 12.9. The minimum absolute atomic E-state index is 0.00268. The van der Waals surface area contributed by atoms with Gasteiger partial charge in [-0.05, 0) is 55.7 Å². The number of hydrogen-bond acceptors (Lipinski definition) is 6. The summed E-state index contributed by atoms with van der Waals surface area (Å²) in [5.41, 5.74) is 3.90. The third-order valence-electron chi connectivity index (χ3n) is 6.30. The Morgan fingerprint density at radius 1 is 1.13 bits per heavy atom. The van der Waals surface area contributed by atoms with Crippen molar-refractivity contribution in [3.63, 3.8) is 0 Å². The van der Waals surface area contributed by atoms with E-state index in [-0.39, 0.29) is 30.2 Å². The molecule has 160 valence electrons. The van der Waals surface area contributed by atoms with E-state index in [2.05, 4.69) is 25.5 Å². The van der Waals surface area contributed by atoms with Crippen molar-refractivity contribution in [2.75, 3.05) is 29.4 Å². The molecule has 1 aromatic carbocycles. The monoisotopic (exact) mass is 419 g/mol. The molecular weight excluding hydrogens is 394 g/mol. The second-order valence-corrected chi connectivity index (χ2v) is 8.44. The number of nitrogens with one attached hydrogen (secondary N) is 1. The summed E-state index contributed by atoms with van der Waals surface area (Å²) in [5, 5.41) is 15.5. The van der Waals surface area contributed by atoms with Crippen molar-refractivity contribution in [2.45, 2.75) is 32.7 Å². The van der Waals surface area contributed by atoms with Crippen molar-refractivity contribution < 1.29 is 9.59 Å². The summed E-state index contributed by atoms with van der Waals surface area (Å²) in [7, 11) is 0. The molecule has 0 radical (unpaired) electrons. The summed E-state index contributed by atoms with van der Waals surface area (Å²) in [4.78, 5) is 29.3. The van der Waals surface area contributed by atoms with Crippen LogP contribution in [0.1, 0.15) is 24.0 Å². The van der Waals surface area contributed by atoms with Gasteiger partial charge in [0.05, 0.1) is 5.92 Å². The SMILES string of the molecule is Cc1ccc(N2CC(C(=O)NC3CCN(c4ccc5nncn5n4)C3)CC2=O)cc1C. The maximum Gasteiger partial charge on any atom is 0.227 e. The molecule has 4 heterocycles. The summed E-state index contributed by atoms with van der Waals surface area (Å²) in [6.07, 6.45) is 2.67. The standard InChI is InChI=1S/C22H25N7O2/c1-14-3-4-18(9-15(14)2)28-11-16(10-21(28)30)22(31)24-17-7-8-27(12-17)20-6-5-19-25-23-13-29(19)26-20/h3-6,9,13,16-17H,7-8,10-12H2,1-2H3,(H,24,31). The Morgan fingerprint density at radius 3 is 2.84 bits per heavy atom. The molecule has 2 unspecified atom stereocenters. The van der Waals surface area contributed by atoms with Crippen molar-refractivity contribution in [2.24, 2.45) is 5.92 Å². The van der Waals surface area contributed by atoms with Crippen LogP contribution >= 0.6 is 0 Å². The highest BCUT2D eigenvalue weighted by atomic mass is 16.2. The zero-order chi connectivity index (χ0) is 21.5. The van der Waals surface area contributed by atoms with Gasteiger partial charge in [-0.2, -0.15) is 4.52 Å². The number of anilines is 2. The molecule has 0 spiro atoms. The van der Waals surface area contributed by atoms with E-state index < -0.39 is 0 Å². The number of carbonyl (C=O) groups is 2. The number of hydrogen-bond donors (Lipinski definition) is 1. The third kappa shape index (κ3) is 3.71. The molecule has 2 fully saturated rings. The van der Waals surface area contributed by atoms with Crippen molar-refractivity contribution in [3.8, 4) is 0 Å². The van der Waals surface area contributed by atoms with Gasteiger partial charge in [0.2, 0.25) is 11.8 Å². The molecular formula is C22H25N7O2. The Balaban J connectivity index is 1.20. The van der Waals surface area contributed by atoms with Gasteiger partial charge < -0.3 is 15.1 Å². The average Bonchev–Trinajstić information content (AvgIpc) is 3.49. The van der Waals surface area contributed by atoms with Crippen LogP contribution in [-0.4, -0.2) is 57.3 Å². The average molecular weight is 419 g/mol. The van der Waals surface area contributed by atoms with Crippen LogP contribution in [0, 0.1) is 19.8 Å². The quantitative estimate of drug-likeness (QED) is 0.688. The summed E-state index contributed by atoms with van der Waals surface area (Å²) in [5.74, 6) is 0.465. The lowest BCUT2D eigenvalue weighted by atomic mass is 10.1. The summed E-state index contributed by atoms with van der Waals surface area (Å²) >= 11 is 0. The lowest BCUT2D eigenvalue weighted by molar-refractivity contribution is -0.126. The molecule has 0 bridgehead atoms. The molecule has 2 aliphatic rings. The van der Waals surface area contributed by atoms with Gasteiger partial charge in [0, 0.05) is 37.8 Å². The fraction of sp³-hybridized carbons (Fsp3) is 0.409. The second kappa shape index (κ2) is 7.64. The summed E-state index contributed by atoms with van der Waals surface area (Å²) in [6, 6.07) is 9.83. The van der Waals surface area contributed by atoms with Gasteiger partial charge in [-0.25, -0.2) is 0 Å². The topological polar surface area (TPSA) is 95.7 Å². The fourth-order valence-corrected chi connectivity index (χ4v) is 4.32. The Morgan fingerprint density at radius 2 is 2.00 bits per heavy atom. The number of carbonyl (C=O) groups excluding carboxylic acids is 2. The Labute approximate surface area is 180 Å². The molecule has 1 N–H and O–H groups in total. The van der Waals surface area contributed by atoms with Gasteiger partial charge in [-0.1, -0.05) is 6.07 Å². The van der Waals surface area contributed by atoms with Crippen LogP contribution < -0.4 is 15.1 Å². The van der Waals surface area contributed by atoms with E-state index in [1.165, 1.54) is 5.56 Å². The molecule has 0 saturated carbocycles. The summed E-state index contributed by atoms with van der Waals surface area (Å²) < 4.78 is 1.65. The Hall–Kier alpha value is -3.49. The molecule has 31 heavy (non-hydrogen) atoms. The first-order valence-corrected chi connectivity index (χ1v) is 10.6. The number of aromatic nitrogens is 4. The molecule has 2 atom stereocenters. The van der Waals surface area contributed by atoms with Gasteiger partial charge in [0.15, 0.2) is 5.65 Å². The van der Waals surface area contributed by atoms with Gasteiger partial charge in [0.1, 0.15) is 12.1 Å². The Bertz CT molecular complexity index is 1160. The van der Waals surface area contributed by atoms with E-state index in [1.54, 1.807) is 15.7 Å². The minimum atomic E-state index is -0.324. The molecule has 0 aliphatic carbocycles. The van der Waals surface area contributed by atoms with Gasteiger partial charge in [-0.15, -0.1) is 15.3 Å². The van der Waals surface area contributed by atoms with E-state index in [0.29, 0.717) is 18.7 Å². The molecule has 2 saturated heterocycles. The normalized spacial score (nSPS) is 21.3. The molecule has 5 rings (SSSR count). The van der Waals surface area contributed by atoms with Crippen molar-refractivity contribution in [3.05, 3.63) is 47.8 Å². The number of benzene rings is 1. The lowest BCUT2D eigenvalue weighted by Crippen LogP contribution is -2.41. The van der Waals surface area contributed by atoms with Crippen molar-refractivity contribution in [1.82, 2.24) is 25.1 Å². The minimum Gasteiger partial charge on any atom is -0.353 e. The molecule has 2 aliphatic heterocycles. The predicted octanol–water partition coefficient (Wildman–Crippen LogP) is 1.49. The van der Waals surface area contributed by atoms with Crippen LogP contribution in [0.25, 0.3) is 5.65 Å². The summed E-state index contributed by atoms with van der Waals surface area (Å²) in [6.45, 7) is 6.00. The van der Waals surface area contributed by atoms with Gasteiger partial charge >= 0.3 is 0 Å². The van der Waals surface area contributed by atoms with Gasteiger partial charge in [0.25, 0.3) is 0 Å². The van der Waals surface area contributed by atoms with Crippen LogP contribution in [0.15, 0.2) is 36.7 Å².